The molecule has 1 rings (SSSR count). The van der Waals surface area contributed by atoms with Crippen LogP contribution in [-0.4, -0.2) is 4.83 Å². The van der Waals surface area contributed by atoms with Crippen LogP contribution in [0.25, 0.3) is 0 Å². The van der Waals surface area contributed by atoms with E-state index < -0.39 is 0 Å². The summed E-state index contributed by atoms with van der Waals surface area (Å²) in [4.78, 5) is 0.556. The van der Waals surface area contributed by atoms with Crippen molar-refractivity contribution in [3.63, 3.8) is 0 Å². The minimum Gasteiger partial charge on any atom is -0.119 e. The third-order valence-corrected chi connectivity index (χ3v) is 3.90. The van der Waals surface area contributed by atoms with Gasteiger partial charge in [-0.3, -0.25) is 0 Å². The lowest BCUT2D eigenvalue weighted by atomic mass is 10.1. The summed E-state index contributed by atoms with van der Waals surface area (Å²) in [6, 6.07) is 0. The molecular formula is C7H9Br. The Kier molecular flexibility index (Phi) is 1.16. The molecule has 0 N–H and O–H groups in total. The van der Waals surface area contributed by atoms with Crippen LogP contribution in [0.3, 0.4) is 0 Å². The maximum atomic E-state index is 5.27. The highest BCUT2D eigenvalue weighted by atomic mass is 79.9. The summed E-state index contributed by atoms with van der Waals surface area (Å²) in [5.74, 6) is 3.43. The molecule has 1 unspecified atom stereocenters. The molecule has 1 heteroatoms. The molecule has 0 aromatic heterocycles. The van der Waals surface area contributed by atoms with Crippen molar-refractivity contribution in [3.8, 4) is 12.3 Å². The predicted octanol–water partition coefficient (Wildman–Crippen LogP) is 2.04. The van der Waals surface area contributed by atoms with E-state index in [1.165, 1.54) is 0 Å². The molecule has 1 aliphatic carbocycles. The number of hydrogen-bond acceptors (Lipinski definition) is 0. The van der Waals surface area contributed by atoms with E-state index in [4.69, 9.17) is 6.42 Å². The topological polar surface area (TPSA) is 0 Å². The second kappa shape index (κ2) is 1.51. The van der Waals surface area contributed by atoms with Crippen molar-refractivity contribution in [2.24, 2.45) is 11.3 Å². The predicted molar refractivity (Wildman–Crippen MR) is 38.8 cm³/mol. The van der Waals surface area contributed by atoms with Crippen LogP contribution in [0, 0.1) is 23.7 Å². The SMILES string of the molecule is C#C[C@@]1(C)C(Br)[C@H]1C. The van der Waals surface area contributed by atoms with Crippen molar-refractivity contribution in [2.45, 2.75) is 18.7 Å². The minimum atomic E-state index is 0.153. The lowest BCUT2D eigenvalue weighted by Gasteiger charge is -1.93. The van der Waals surface area contributed by atoms with Gasteiger partial charge in [0.15, 0.2) is 0 Å². The van der Waals surface area contributed by atoms with E-state index in [1.54, 1.807) is 0 Å². The van der Waals surface area contributed by atoms with Gasteiger partial charge >= 0.3 is 0 Å². The van der Waals surface area contributed by atoms with Crippen molar-refractivity contribution in [2.75, 3.05) is 0 Å². The average Bonchev–Trinajstić information content (AvgIpc) is 2.22. The van der Waals surface area contributed by atoms with Gasteiger partial charge in [-0.25, -0.2) is 0 Å². The Balaban J connectivity index is 2.67. The van der Waals surface area contributed by atoms with Crippen LogP contribution < -0.4 is 0 Å². The van der Waals surface area contributed by atoms with Gasteiger partial charge in [0.25, 0.3) is 0 Å². The van der Waals surface area contributed by atoms with Gasteiger partial charge in [-0.2, -0.15) is 0 Å². The van der Waals surface area contributed by atoms with Crippen molar-refractivity contribution in [1.82, 2.24) is 0 Å². The quantitative estimate of drug-likeness (QED) is 0.388. The minimum absolute atomic E-state index is 0.153. The van der Waals surface area contributed by atoms with Crippen LogP contribution in [0.2, 0.25) is 0 Å². The molecule has 0 amide bonds. The van der Waals surface area contributed by atoms with E-state index in [0.717, 1.165) is 0 Å². The van der Waals surface area contributed by atoms with Gasteiger partial charge in [0.2, 0.25) is 0 Å². The lowest BCUT2D eigenvalue weighted by Crippen LogP contribution is -1.91. The highest BCUT2D eigenvalue weighted by molar-refractivity contribution is 9.09. The smallest absolute Gasteiger partial charge is 0.0448 e. The molecule has 0 aromatic carbocycles. The molecule has 0 saturated heterocycles. The fourth-order valence-corrected chi connectivity index (χ4v) is 1.82. The van der Waals surface area contributed by atoms with Crippen LogP contribution in [-0.2, 0) is 0 Å². The van der Waals surface area contributed by atoms with Gasteiger partial charge in [0.05, 0.1) is 0 Å². The summed E-state index contributed by atoms with van der Waals surface area (Å²) in [5.41, 5.74) is 0.153. The van der Waals surface area contributed by atoms with Crippen LogP contribution >= 0.6 is 15.9 Å². The van der Waals surface area contributed by atoms with E-state index in [1.807, 2.05) is 0 Å². The van der Waals surface area contributed by atoms with Crippen molar-refractivity contribution >= 4 is 15.9 Å². The zero-order chi connectivity index (χ0) is 6.36. The zero-order valence-electron chi connectivity index (χ0n) is 5.11. The number of rotatable bonds is 0. The molecule has 0 heterocycles. The fraction of sp³-hybridized carbons (Fsp3) is 0.714. The van der Waals surface area contributed by atoms with Gasteiger partial charge in [-0.1, -0.05) is 28.8 Å². The summed E-state index contributed by atoms with van der Waals surface area (Å²) in [6.45, 7) is 4.27. The van der Waals surface area contributed by atoms with E-state index in [-0.39, 0.29) is 5.41 Å². The molecule has 8 heavy (non-hydrogen) atoms. The summed E-state index contributed by atoms with van der Waals surface area (Å²) in [6.07, 6.45) is 5.27. The van der Waals surface area contributed by atoms with Gasteiger partial charge in [-0.05, 0) is 12.8 Å². The van der Waals surface area contributed by atoms with Gasteiger partial charge in [0, 0.05) is 10.2 Å². The number of terminal acetylenes is 1. The van der Waals surface area contributed by atoms with E-state index >= 15 is 0 Å². The van der Waals surface area contributed by atoms with E-state index in [9.17, 15) is 0 Å². The van der Waals surface area contributed by atoms with Gasteiger partial charge in [-0.15, -0.1) is 6.42 Å². The van der Waals surface area contributed by atoms with Crippen LogP contribution in [0.5, 0.6) is 0 Å². The maximum absolute atomic E-state index is 5.27. The second-order valence-corrected chi connectivity index (χ2v) is 3.60. The molecule has 0 radical (unpaired) electrons. The van der Waals surface area contributed by atoms with E-state index in [2.05, 4.69) is 35.7 Å². The molecule has 1 saturated carbocycles. The second-order valence-electron chi connectivity index (χ2n) is 2.62. The Morgan fingerprint density at radius 1 is 1.75 bits per heavy atom. The number of halogens is 1. The van der Waals surface area contributed by atoms with Gasteiger partial charge in [0.1, 0.15) is 0 Å². The Labute approximate surface area is 58.8 Å². The summed E-state index contributed by atoms with van der Waals surface area (Å²) < 4.78 is 0. The third kappa shape index (κ3) is 0.528. The van der Waals surface area contributed by atoms with Crippen molar-refractivity contribution in [1.29, 1.82) is 0 Å². The highest BCUT2D eigenvalue weighted by Gasteiger charge is 2.55. The molecule has 1 fully saturated rings. The van der Waals surface area contributed by atoms with Crippen LogP contribution in [0.15, 0.2) is 0 Å². The summed E-state index contributed by atoms with van der Waals surface area (Å²) in [5, 5.41) is 0. The maximum Gasteiger partial charge on any atom is 0.0448 e. The lowest BCUT2D eigenvalue weighted by molar-refractivity contribution is 0.693. The Morgan fingerprint density at radius 3 is 2.12 bits per heavy atom. The largest absolute Gasteiger partial charge is 0.119 e. The molecule has 0 nitrogen and oxygen atoms in total. The Hall–Kier alpha value is 0.0400. The molecule has 0 aromatic rings. The Bertz CT molecular complexity index is 135. The first-order valence-corrected chi connectivity index (χ1v) is 3.66. The molecule has 3 atom stereocenters. The molecular weight excluding hydrogens is 164 g/mol. The average molecular weight is 173 g/mol. The van der Waals surface area contributed by atoms with Crippen molar-refractivity contribution in [3.05, 3.63) is 0 Å². The third-order valence-electron chi connectivity index (χ3n) is 2.16. The number of alkyl halides is 1. The monoisotopic (exact) mass is 172 g/mol. The fourth-order valence-electron chi connectivity index (χ4n) is 0.876. The van der Waals surface area contributed by atoms with E-state index in [0.29, 0.717) is 10.7 Å². The highest BCUT2D eigenvalue weighted by Crippen LogP contribution is 2.56. The number of hydrogen-bond donors (Lipinski definition) is 0. The molecule has 44 valence electrons. The van der Waals surface area contributed by atoms with Gasteiger partial charge < -0.3 is 0 Å². The molecule has 0 aliphatic heterocycles. The van der Waals surface area contributed by atoms with Crippen LogP contribution in [0.1, 0.15) is 13.8 Å². The molecule has 1 aliphatic rings. The first-order chi connectivity index (χ1) is 3.63. The summed E-state index contributed by atoms with van der Waals surface area (Å²) in [7, 11) is 0. The zero-order valence-corrected chi connectivity index (χ0v) is 6.70. The normalized spacial score (nSPS) is 52.8. The summed E-state index contributed by atoms with van der Waals surface area (Å²) >= 11 is 3.49. The van der Waals surface area contributed by atoms with Crippen molar-refractivity contribution < 1.29 is 0 Å². The molecule has 0 spiro atoms. The molecule has 0 bridgehead atoms. The standard InChI is InChI=1S/C7H9Br/c1-4-7(3)5(2)6(7)8/h1,5-6H,2-3H3/t5-,6?,7-/m1/s1. The first-order valence-electron chi connectivity index (χ1n) is 2.74. The first kappa shape index (κ1) is 6.16. The Morgan fingerprint density at radius 2 is 2.12 bits per heavy atom. The van der Waals surface area contributed by atoms with Crippen LogP contribution in [0.4, 0.5) is 0 Å².